The molecule has 0 unspecified atom stereocenters. The molecule has 1 spiro atoms. The Morgan fingerprint density at radius 2 is 0.750 bits per heavy atom. The molecule has 28 heavy (non-hydrogen) atoms. The van der Waals surface area contributed by atoms with Crippen molar-refractivity contribution in [2.75, 3.05) is 13.2 Å². The van der Waals surface area contributed by atoms with Gasteiger partial charge in [0.15, 0.2) is 5.79 Å². The van der Waals surface area contributed by atoms with Crippen LogP contribution in [0.1, 0.15) is 109 Å². The van der Waals surface area contributed by atoms with Crippen LogP contribution in [-0.2, 0) is 9.47 Å². The minimum absolute atomic E-state index is 0.210. The topological polar surface area (TPSA) is 18.5 Å². The van der Waals surface area contributed by atoms with Crippen molar-refractivity contribution in [1.29, 1.82) is 0 Å². The van der Waals surface area contributed by atoms with Crippen LogP contribution in [-0.4, -0.2) is 19.0 Å². The highest BCUT2D eigenvalue weighted by atomic mass is 16.7. The Balaban J connectivity index is 1.16. The zero-order valence-corrected chi connectivity index (χ0v) is 17.8. The summed E-state index contributed by atoms with van der Waals surface area (Å²) in [6, 6.07) is 0. The third kappa shape index (κ3) is 4.05. The number of ether oxygens (including phenoxy) is 2. The molecule has 0 aromatic heterocycles. The quantitative estimate of drug-likeness (QED) is 0.409. The van der Waals surface area contributed by atoms with Gasteiger partial charge in [-0.2, -0.15) is 0 Å². The van der Waals surface area contributed by atoms with E-state index < -0.39 is 0 Å². The molecule has 4 aliphatic carbocycles. The van der Waals surface area contributed by atoms with Gasteiger partial charge in [-0.1, -0.05) is 39.9 Å². The van der Waals surface area contributed by atoms with Gasteiger partial charge in [0, 0.05) is 12.8 Å². The van der Waals surface area contributed by atoms with Crippen molar-refractivity contribution in [2.45, 2.75) is 115 Å². The smallest absolute Gasteiger partial charge is 0.169 e. The molecule has 4 saturated carbocycles. The largest absolute Gasteiger partial charge is 0.348 e. The SMILES string of the molecule is C1CCC(=C2CCC(=C3CCC(=C4CCC5(CC4)OCCO5)CC3)CC2)CC1. The summed E-state index contributed by atoms with van der Waals surface area (Å²) in [6.45, 7) is 1.59. The van der Waals surface area contributed by atoms with Crippen LogP contribution in [0.15, 0.2) is 33.4 Å². The monoisotopic (exact) mass is 382 g/mol. The maximum absolute atomic E-state index is 5.91. The minimum Gasteiger partial charge on any atom is -0.348 e. The molecule has 0 atom stereocenters. The molecular weight excluding hydrogens is 344 g/mol. The molecule has 1 saturated heterocycles. The molecule has 0 radical (unpaired) electrons. The second-order valence-corrected chi connectivity index (χ2v) is 9.79. The normalized spacial score (nSPS) is 29.1. The third-order valence-corrected chi connectivity index (χ3v) is 8.30. The van der Waals surface area contributed by atoms with Gasteiger partial charge in [-0.05, 0) is 89.9 Å². The van der Waals surface area contributed by atoms with Crippen LogP contribution >= 0.6 is 0 Å². The average Bonchev–Trinajstić information content (AvgIpc) is 3.23. The van der Waals surface area contributed by atoms with Crippen LogP contribution in [0.5, 0.6) is 0 Å². The second-order valence-electron chi connectivity index (χ2n) is 9.79. The molecule has 2 nitrogen and oxygen atoms in total. The van der Waals surface area contributed by atoms with E-state index in [1.54, 1.807) is 11.1 Å². The fourth-order valence-electron chi connectivity index (χ4n) is 6.53. The first-order valence-corrected chi connectivity index (χ1v) is 12.2. The number of rotatable bonds is 0. The summed E-state index contributed by atoms with van der Waals surface area (Å²) in [5, 5.41) is 0. The molecule has 1 heterocycles. The van der Waals surface area contributed by atoms with E-state index in [1.165, 1.54) is 96.3 Å². The predicted molar refractivity (Wildman–Crippen MR) is 114 cm³/mol. The van der Waals surface area contributed by atoms with E-state index in [2.05, 4.69) is 0 Å². The van der Waals surface area contributed by atoms with Gasteiger partial charge in [0.2, 0.25) is 0 Å². The highest BCUT2D eigenvalue weighted by Crippen LogP contribution is 2.44. The van der Waals surface area contributed by atoms with E-state index >= 15 is 0 Å². The lowest BCUT2D eigenvalue weighted by Crippen LogP contribution is -2.33. The lowest BCUT2D eigenvalue weighted by molar-refractivity contribution is -0.171. The molecule has 2 heteroatoms. The predicted octanol–water partition coefficient (Wildman–Crippen LogP) is 7.31. The third-order valence-electron chi connectivity index (χ3n) is 8.30. The summed E-state index contributed by atoms with van der Waals surface area (Å²) in [5.74, 6) is -0.210. The van der Waals surface area contributed by atoms with E-state index in [0.717, 1.165) is 26.1 Å². The Hall–Kier alpha value is -0.860. The Bertz CT molecular complexity index is 643. The Kier molecular flexibility index (Phi) is 5.79. The number of hydrogen-bond acceptors (Lipinski definition) is 2. The molecule has 0 bridgehead atoms. The van der Waals surface area contributed by atoms with Crippen molar-refractivity contribution in [2.24, 2.45) is 0 Å². The number of allylic oxidation sites excluding steroid dienone is 6. The molecule has 5 fully saturated rings. The molecular formula is C26H38O2. The highest BCUT2D eigenvalue weighted by Gasteiger charge is 2.39. The number of hydrogen-bond donors (Lipinski definition) is 0. The molecule has 5 aliphatic rings. The Labute approximate surface area is 171 Å². The molecule has 5 rings (SSSR count). The van der Waals surface area contributed by atoms with Gasteiger partial charge >= 0.3 is 0 Å². The fraction of sp³-hybridized carbons (Fsp3) is 0.769. The molecule has 0 aromatic carbocycles. The summed E-state index contributed by atoms with van der Waals surface area (Å²) in [7, 11) is 0. The van der Waals surface area contributed by atoms with Crippen LogP contribution < -0.4 is 0 Å². The van der Waals surface area contributed by atoms with Gasteiger partial charge in [0.1, 0.15) is 0 Å². The van der Waals surface area contributed by atoms with Crippen LogP contribution in [0.25, 0.3) is 0 Å². The van der Waals surface area contributed by atoms with Crippen LogP contribution in [0.3, 0.4) is 0 Å². The van der Waals surface area contributed by atoms with Crippen LogP contribution in [0.4, 0.5) is 0 Å². The summed E-state index contributed by atoms with van der Waals surface area (Å²) < 4.78 is 11.8. The van der Waals surface area contributed by atoms with Gasteiger partial charge in [0.25, 0.3) is 0 Å². The Morgan fingerprint density at radius 1 is 0.393 bits per heavy atom. The van der Waals surface area contributed by atoms with E-state index in [4.69, 9.17) is 9.47 Å². The van der Waals surface area contributed by atoms with Gasteiger partial charge in [0.05, 0.1) is 13.2 Å². The summed E-state index contributed by atoms with van der Waals surface area (Å²) in [4.78, 5) is 0. The zero-order valence-electron chi connectivity index (χ0n) is 17.8. The first-order valence-electron chi connectivity index (χ1n) is 12.2. The maximum atomic E-state index is 5.91. The average molecular weight is 383 g/mol. The maximum Gasteiger partial charge on any atom is 0.169 e. The van der Waals surface area contributed by atoms with Crippen molar-refractivity contribution in [3.8, 4) is 0 Å². The lowest BCUT2D eigenvalue weighted by atomic mass is 9.76. The fourth-order valence-corrected chi connectivity index (χ4v) is 6.53. The van der Waals surface area contributed by atoms with E-state index in [9.17, 15) is 0 Å². The zero-order chi connectivity index (χ0) is 18.8. The molecule has 1 aliphatic heterocycles. The summed E-state index contributed by atoms with van der Waals surface area (Å²) in [5.41, 5.74) is 10.9. The van der Waals surface area contributed by atoms with E-state index in [1.807, 2.05) is 22.3 Å². The molecule has 154 valence electrons. The van der Waals surface area contributed by atoms with Crippen molar-refractivity contribution in [3.63, 3.8) is 0 Å². The molecule has 0 aromatic rings. The van der Waals surface area contributed by atoms with Crippen molar-refractivity contribution < 1.29 is 9.47 Å². The Morgan fingerprint density at radius 3 is 1.18 bits per heavy atom. The van der Waals surface area contributed by atoms with Gasteiger partial charge in [-0.25, -0.2) is 0 Å². The highest BCUT2D eigenvalue weighted by molar-refractivity contribution is 5.30. The second kappa shape index (κ2) is 8.48. The van der Waals surface area contributed by atoms with Crippen molar-refractivity contribution in [3.05, 3.63) is 33.4 Å². The van der Waals surface area contributed by atoms with E-state index in [-0.39, 0.29) is 5.79 Å². The summed E-state index contributed by atoms with van der Waals surface area (Å²) >= 11 is 0. The van der Waals surface area contributed by atoms with Crippen LogP contribution in [0, 0.1) is 0 Å². The first kappa shape index (κ1) is 19.1. The van der Waals surface area contributed by atoms with Gasteiger partial charge < -0.3 is 9.47 Å². The molecule has 0 amide bonds. The first-order chi connectivity index (χ1) is 13.8. The van der Waals surface area contributed by atoms with E-state index in [0.29, 0.717) is 0 Å². The summed E-state index contributed by atoms with van der Waals surface area (Å²) in [6.07, 6.45) is 22.6. The van der Waals surface area contributed by atoms with Gasteiger partial charge in [-0.3, -0.25) is 0 Å². The van der Waals surface area contributed by atoms with Gasteiger partial charge in [-0.15, -0.1) is 0 Å². The van der Waals surface area contributed by atoms with Crippen molar-refractivity contribution >= 4 is 0 Å². The molecule has 0 N–H and O–H groups in total. The van der Waals surface area contributed by atoms with Crippen LogP contribution in [0.2, 0.25) is 0 Å². The minimum atomic E-state index is -0.210. The van der Waals surface area contributed by atoms with Crippen molar-refractivity contribution in [1.82, 2.24) is 0 Å². The standard InChI is InChI=1S/C26H38O2/c1-2-4-20(5-3-1)21-6-8-22(9-7-21)23-10-12-24(13-11-23)25-14-16-26(17-15-25)27-18-19-28-26/h1-19H2. The lowest BCUT2D eigenvalue weighted by Gasteiger charge is -2.34.